The number of urea groups is 1. The van der Waals surface area contributed by atoms with Gasteiger partial charge in [-0.3, -0.25) is 9.78 Å². The molecule has 1 N–H and O–H groups in total. The highest BCUT2D eigenvalue weighted by atomic mass is 16.4. The molecule has 0 bridgehead atoms. The number of hydrogen-bond donors (Lipinski definition) is 1. The number of carboxylic acids is 1. The Bertz CT molecular complexity index is 506. The van der Waals surface area contributed by atoms with Crippen LogP contribution >= 0.6 is 0 Å². The largest absolute Gasteiger partial charge is 0.481 e. The highest BCUT2D eigenvalue weighted by molar-refractivity contribution is 5.78. The number of amides is 2. The minimum absolute atomic E-state index is 0.0921. The zero-order chi connectivity index (χ0) is 15.4. The summed E-state index contributed by atoms with van der Waals surface area (Å²) < 4.78 is 0. The third kappa shape index (κ3) is 3.32. The van der Waals surface area contributed by atoms with Crippen molar-refractivity contribution in [3.8, 4) is 0 Å². The van der Waals surface area contributed by atoms with Gasteiger partial charge < -0.3 is 14.9 Å². The molecule has 114 valence electrons. The van der Waals surface area contributed by atoms with Crippen LogP contribution in [0.4, 0.5) is 4.79 Å². The molecule has 21 heavy (non-hydrogen) atoms. The molecule has 2 rings (SSSR count). The summed E-state index contributed by atoms with van der Waals surface area (Å²) in [6.45, 7) is 5.34. The van der Waals surface area contributed by atoms with Crippen LogP contribution in [0.5, 0.6) is 0 Å². The van der Waals surface area contributed by atoms with Crippen molar-refractivity contribution in [2.75, 3.05) is 13.1 Å². The van der Waals surface area contributed by atoms with Crippen LogP contribution < -0.4 is 0 Å². The van der Waals surface area contributed by atoms with Crippen molar-refractivity contribution in [3.63, 3.8) is 0 Å². The average molecular weight is 291 g/mol. The van der Waals surface area contributed by atoms with Crippen molar-refractivity contribution >= 4 is 12.0 Å². The van der Waals surface area contributed by atoms with Crippen LogP contribution in [0.15, 0.2) is 24.5 Å². The number of rotatable bonds is 4. The number of carboxylic acid groups (broad SMARTS) is 1. The van der Waals surface area contributed by atoms with Gasteiger partial charge in [0.2, 0.25) is 0 Å². The number of hydrogen-bond acceptors (Lipinski definition) is 3. The molecule has 2 amide bonds. The minimum Gasteiger partial charge on any atom is -0.481 e. The van der Waals surface area contributed by atoms with Gasteiger partial charge in [0.15, 0.2) is 0 Å². The van der Waals surface area contributed by atoms with Crippen molar-refractivity contribution in [1.82, 2.24) is 14.8 Å². The molecule has 1 aliphatic rings. The molecule has 0 saturated carbocycles. The molecule has 1 aromatic rings. The molecule has 0 aliphatic carbocycles. The van der Waals surface area contributed by atoms with Crippen molar-refractivity contribution in [1.29, 1.82) is 0 Å². The quantitative estimate of drug-likeness (QED) is 0.918. The lowest BCUT2D eigenvalue weighted by molar-refractivity contribution is -0.142. The molecule has 2 unspecified atom stereocenters. The smallest absolute Gasteiger partial charge is 0.320 e. The van der Waals surface area contributed by atoms with Crippen LogP contribution in [-0.4, -0.2) is 51.0 Å². The molecule has 2 atom stereocenters. The van der Waals surface area contributed by atoms with E-state index in [-0.39, 0.29) is 12.1 Å². The monoisotopic (exact) mass is 291 g/mol. The Hall–Kier alpha value is -2.11. The fourth-order valence-electron chi connectivity index (χ4n) is 2.74. The van der Waals surface area contributed by atoms with E-state index in [4.69, 9.17) is 5.11 Å². The molecule has 1 saturated heterocycles. The molecule has 2 heterocycles. The normalized spacial score (nSPS) is 21.3. The van der Waals surface area contributed by atoms with Crippen LogP contribution in [0.1, 0.15) is 25.8 Å². The van der Waals surface area contributed by atoms with Crippen LogP contribution in [-0.2, 0) is 11.3 Å². The lowest BCUT2D eigenvalue weighted by Crippen LogP contribution is -2.45. The molecule has 1 fully saturated rings. The molecule has 1 aromatic heterocycles. The predicted octanol–water partition coefficient (Wildman–Crippen LogP) is 1.82. The molecule has 0 radical (unpaired) electrons. The lowest BCUT2D eigenvalue weighted by Gasteiger charge is -2.30. The Kier molecular flexibility index (Phi) is 4.77. The van der Waals surface area contributed by atoms with Gasteiger partial charge in [0.25, 0.3) is 0 Å². The fraction of sp³-hybridized carbons (Fsp3) is 0.533. The summed E-state index contributed by atoms with van der Waals surface area (Å²) >= 11 is 0. The first kappa shape index (κ1) is 15.3. The van der Waals surface area contributed by atoms with E-state index in [1.54, 1.807) is 22.2 Å². The number of carbonyl (C=O) groups excluding carboxylic acids is 1. The topological polar surface area (TPSA) is 73.7 Å². The second kappa shape index (κ2) is 6.56. The van der Waals surface area contributed by atoms with Crippen molar-refractivity contribution in [2.45, 2.75) is 32.9 Å². The fourth-order valence-corrected chi connectivity index (χ4v) is 2.74. The summed E-state index contributed by atoms with van der Waals surface area (Å²) in [5, 5.41) is 9.16. The molecule has 0 spiro atoms. The van der Waals surface area contributed by atoms with Crippen LogP contribution in [0.3, 0.4) is 0 Å². The first-order chi connectivity index (χ1) is 10.0. The van der Waals surface area contributed by atoms with E-state index in [1.165, 1.54) is 0 Å². The number of carbonyl (C=O) groups is 2. The Balaban J connectivity index is 2.05. The summed E-state index contributed by atoms with van der Waals surface area (Å²) in [4.78, 5) is 31.1. The first-order valence-corrected chi connectivity index (χ1v) is 7.21. The van der Waals surface area contributed by atoms with E-state index in [1.807, 2.05) is 26.0 Å². The van der Waals surface area contributed by atoms with Gasteiger partial charge >= 0.3 is 12.0 Å². The van der Waals surface area contributed by atoms with E-state index in [2.05, 4.69) is 4.98 Å². The van der Waals surface area contributed by atoms with E-state index in [0.29, 0.717) is 26.1 Å². The molecular formula is C15H21N3O3. The molecular weight excluding hydrogens is 270 g/mol. The Morgan fingerprint density at radius 1 is 1.43 bits per heavy atom. The summed E-state index contributed by atoms with van der Waals surface area (Å²) in [5.41, 5.74) is 1.02. The Labute approximate surface area is 124 Å². The highest BCUT2D eigenvalue weighted by Crippen LogP contribution is 2.25. The molecule has 6 heteroatoms. The zero-order valence-electron chi connectivity index (χ0n) is 12.4. The van der Waals surface area contributed by atoms with Crippen molar-refractivity contribution in [2.24, 2.45) is 5.92 Å². The average Bonchev–Trinajstić information content (AvgIpc) is 2.87. The molecule has 1 aliphatic heterocycles. The SMILES string of the molecule is CCN(Cc1ccncc1)C(=O)N1CCC(C(=O)O)C1C. The highest BCUT2D eigenvalue weighted by Gasteiger charge is 2.39. The minimum atomic E-state index is -0.824. The van der Waals surface area contributed by atoms with E-state index >= 15 is 0 Å². The van der Waals surface area contributed by atoms with Gasteiger partial charge in [-0.1, -0.05) is 0 Å². The summed E-state index contributed by atoms with van der Waals surface area (Å²) in [6.07, 6.45) is 3.92. The van der Waals surface area contributed by atoms with Crippen LogP contribution in [0, 0.1) is 5.92 Å². The lowest BCUT2D eigenvalue weighted by atomic mass is 10.0. The Morgan fingerprint density at radius 2 is 2.10 bits per heavy atom. The van der Waals surface area contributed by atoms with E-state index < -0.39 is 11.9 Å². The summed E-state index contributed by atoms with van der Waals surface area (Å²) in [6, 6.07) is 3.40. The van der Waals surface area contributed by atoms with Gasteiger partial charge in [0.1, 0.15) is 0 Å². The molecule has 0 aromatic carbocycles. The number of nitrogens with zero attached hydrogens (tertiary/aromatic N) is 3. The molecule has 6 nitrogen and oxygen atoms in total. The second-order valence-corrected chi connectivity index (χ2v) is 5.32. The van der Waals surface area contributed by atoms with Gasteiger partial charge in [-0.15, -0.1) is 0 Å². The van der Waals surface area contributed by atoms with Gasteiger partial charge in [-0.05, 0) is 38.0 Å². The zero-order valence-corrected chi connectivity index (χ0v) is 12.4. The standard InChI is InChI=1S/C15H21N3O3/c1-3-17(10-12-4-7-16-8-5-12)15(21)18-9-6-13(11(18)2)14(19)20/h4-5,7-8,11,13H,3,6,9-10H2,1-2H3,(H,19,20). The summed E-state index contributed by atoms with van der Waals surface area (Å²) in [7, 11) is 0. The number of likely N-dealkylation sites (tertiary alicyclic amines) is 1. The predicted molar refractivity (Wildman–Crippen MR) is 77.6 cm³/mol. The maximum absolute atomic E-state index is 12.6. The van der Waals surface area contributed by atoms with Crippen molar-refractivity contribution < 1.29 is 14.7 Å². The van der Waals surface area contributed by atoms with E-state index in [9.17, 15) is 9.59 Å². The summed E-state index contributed by atoms with van der Waals surface area (Å²) in [5.74, 6) is -1.29. The number of aliphatic carboxylic acids is 1. The third-order valence-corrected chi connectivity index (χ3v) is 4.09. The van der Waals surface area contributed by atoms with Gasteiger partial charge in [0, 0.05) is 38.1 Å². The van der Waals surface area contributed by atoms with E-state index in [0.717, 1.165) is 5.56 Å². The number of pyridine rings is 1. The van der Waals surface area contributed by atoms with Gasteiger partial charge in [-0.25, -0.2) is 4.79 Å². The maximum atomic E-state index is 12.6. The number of aromatic nitrogens is 1. The Morgan fingerprint density at radius 3 is 2.62 bits per heavy atom. The van der Waals surface area contributed by atoms with Crippen LogP contribution in [0.25, 0.3) is 0 Å². The van der Waals surface area contributed by atoms with Gasteiger partial charge in [-0.2, -0.15) is 0 Å². The van der Waals surface area contributed by atoms with Gasteiger partial charge in [0.05, 0.1) is 5.92 Å². The maximum Gasteiger partial charge on any atom is 0.320 e. The van der Waals surface area contributed by atoms with Crippen LogP contribution in [0.2, 0.25) is 0 Å². The second-order valence-electron chi connectivity index (χ2n) is 5.32. The third-order valence-electron chi connectivity index (χ3n) is 4.09. The first-order valence-electron chi connectivity index (χ1n) is 7.21. The van der Waals surface area contributed by atoms with Crippen molar-refractivity contribution in [3.05, 3.63) is 30.1 Å².